The first-order valence-corrected chi connectivity index (χ1v) is 15.7. The number of ether oxygens (including phenoxy) is 2. The lowest BCUT2D eigenvalue weighted by molar-refractivity contribution is 0.0955. The highest BCUT2D eigenvalue weighted by Gasteiger charge is 2.14. The smallest absolute Gasteiger partial charge is 0.271 e. The summed E-state index contributed by atoms with van der Waals surface area (Å²) in [6.07, 6.45) is 4.03. The minimum absolute atomic E-state index is 0.299. The van der Waals surface area contributed by atoms with Gasteiger partial charge in [0.15, 0.2) is 11.5 Å². The second-order valence-electron chi connectivity index (χ2n) is 11.2. The molecule has 0 fully saturated rings. The van der Waals surface area contributed by atoms with E-state index >= 15 is 0 Å². The molecule has 1 aromatic heterocycles. The van der Waals surface area contributed by atoms with Crippen LogP contribution in [0.2, 0.25) is 0 Å². The number of hydrogen-bond acceptors (Lipinski definition) is 4. The second-order valence-corrected chi connectivity index (χ2v) is 11.2. The van der Waals surface area contributed by atoms with Crippen molar-refractivity contribution in [2.45, 2.75) is 26.9 Å². The van der Waals surface area contributed by atoms with E-state index in [-0.39, 0.29) is 5.91 Å². The molecule has 0 unspecified atom stereocenters. The fourth-order valence-corrected chi connectivity index (χ4v) is 5.68. The van der Waals surface area contributed by atoms with Crippen molar-refractivity contribution < 1.29 is 14.3 Å². The number of aryl methyl sites for hydroxylation is 1. The Hall–Kier alpha value is -5.88. The molecule has 1 heterocycles. The third kappa shape index (κ3) is 7.18. The summed E-state index contributed by atoms with van der Waals surface area (Å²) in [5.41, 5.74) is 10.2. The number of allylic oxidation sites excluding steroid dienone is 1. The molecule has 0 saturated carbocycles. The lowest BCUT2D eigenvalue weighted by Gasteiger charge is -2.17. The molecule has 0 bridgehead atoms. The topological polar surface area (TPSA) is 64.9 Å². The van der Waals surface area contributed by atoms with Gasteiger partial charge in [-0.1, -0.05) is 72.8 Å². The summed E-state index contributed by atoms with van der Waals surface area (Å²) in [7, 11) is 0. The first kappa shape index (κ1) is 31.1. The molecule has 0 aliphatic rings. The zero-order chi connectivity index (χ0) is 32.6. The van der Waals surface area contributed by atoms with E-state index in [9.17, 15) is 4.79 Å². The molecule has 5 aromatic carbocycles. The molecule has 47 heavy (non-hydrogen) atoms. The van der Waals surface area contributed by atoms with Crippen LogP contribution in [0.1, 0.15) is 39.7 Å². The predicted octanol–water partition coefficient (Wildman–Crippen LogP) is 9.08. The molecule has 0 spiro atoms. The van der Waals surface area contributed by atoms with Crippen molar-refractivity contribution in [2.24, 2.45) is 5.10 Å². The molecule has 0 aliphatic carbocycles. The average Bonchev–Trinajstić information content (AvgIpc) is 3.49. The van der Waals surface area contributed by atoms with Crippen molar-refractivity contribution in [3.05, 3.63) is 162 Å². The summed E-state index contributed by atoms with van der Waals surface area (Å²) in [5, 5.41) is 6.62. The summed E-state index contributed by atoms with van der Waals surface area (Å²) in [6.45, 7) is 8.81. The van der Waals surface area contributed by atoms with Gasteiger partial charge in [0, 0.05) is 22.5 Å². The SMILES string of the molecule is C=CCc1cc(/C=N/NC(=O)c2ccc(-n3c(C)ccc3-c3ccccc3)cc2)cc(OCC)c1OCc1ccc2ccccc2c1. The fourth-order valence-electron chi connectivity index (χ4n) is 5.68. The maximum atomic E-state index is 13.0. The lowest BCUT2D eigenvalue weighted by Crippen LogP contribution is -2.17. The van der Waals surface area contributed by atoms with Crippen molar-refractivity contribution >= 4 is 22.9 Å². The van der Waals surface area contributed by atoms with Crippen molar-refractivity contribution in [1.82, 2.24) is 9.99 Å². The number of amides is 1. The monoisotopic (exact) mass is 619 g/mol. The fraction of sp³-hybridized carbons (Fsp3) is 0.122. The van der Waals surface area contributed by atoms with E-state index in [1.807, 2.05) is 79.7 Å². The van der Waals surface area contributed by atoms with E-state index in [4.69, 9.17) is 9.47 Å². The Morgan fingerprint density at radius 3 is 2.38 bits per heavy atom. The van der Waals surface area contributed by atoms with Gasteiger partial charge in [0.05, 0.1) is 18.5 Å². The minimum Gasteiger partial charge on any atom is -0.490 e. The molecule has 6 aromatic rings. The molecule has 0 aliphatic heterocycles. The molecule has 6 rings (SSSR count). The maximum absolute atomic E-state index is 13.0. The minimum atomic E-state index is -0.299. The van der Waals surface area contributed by atoms with E-state index in [0.29, 0.717) is 36.7 Å². The third-order valence-electron chi connectivity index (χ3n) is 7.93. The zero-order valence-corrected chi connectivity index (χ0v) is 26.6. The number of hydrazone groups is 1. The number of carbonyl (C=O) groups is 1. The first-order valence-electron chi connectivity index (χ1n) is 15.7. The highest BCUT2D eigenvalue weighted by Crippen LogP contribution is 2.34. The normalized spacial score (nSPS) is 11.1. The van der Waals surface area contributed by atoms with Crippen LogP contribution in [0.4, 0.5) is 0 Å². The van der Waals surface area contributed by atoms with Crippen LogP contribution < -0.4 is 14.9 Å². The van der Waals surface area contributed by atoms with Crippen LogP contribution in [0.5, 0.6) is 11.5 Å². The number of hydrogen-bond donors (Lipinski definition) is 1. The van der Waals surface area contributed by atoms with Crippen LogP contribution in [-0.2, 0) is 13.0 Å². The predicted molar refractivity (Wildman–Crippen MR) is 191 cm³/mol. The Labute approximate surface area is 275 Å². The number of rotatable bonds is 12. The molecule has 0 radical (unpaired) electrons. The molecule has 1 amide bonds. The van der Waals surface area contributed by atoms with Gasteiger partial charge in [-0.2, -0.15) is 5.10 Å². The van der Waals surface area contributed by atoms with E-state index in [1.165, 1.54) is 10.8 Å². The number of benzene rings is 5. The van der Waals surface area contributed by atoms with Gasteiger partial charge < -0.3 is 14.0 Å². The maximum Gasteiger partial charge on any atom is 0.271 e. The third-order valence-corrected chi connectivity index (χ3v) is 7.93. The van der Waals surface area contributed by atoms with Crippen LogP contribution in [0.3, 0.4) is 0 Å². The molecular formula is C41H37N3O3. The van der Waals surface area contributed by atoms with E-state index in [1.54, 1.807) is 6.21 Å². The van der Waals surface area contributed by atoms with Crippen LogP contribution in [0.15, 0.2) is 139 Å². The molecular weight excluding hydrogens is 582 g/mol. The van der Waals surface area contributed by atoms with Gasteiger partial charge in [-0.05, 0) is 102 Å². The van der Waals surface area contributed by atoms with Crippen LogP contribution in [0.25, 0.3) is 27.7 Å². The van der Waals surface area contributed by atoms with Crippen molar-refractivity contribution in [3.8, 4) is 28.4 Å². The molecule has 234 valence electrons. The van der Waals surface area contributed by atoms with Gasteiger partial charge in [0.2, 0.25) is 0 Å². The number of nitrogens with zero attached hydrogens (tertiary/aromatic N) is 2. The lowest BCUT2D eigenvalue weighted by atomic mass is 10.1. The van der Waals surface area contributed by atoms with E-state index in [0.717, 1.165) is 39.3 Å². The highest BCUT2D eigenvalue weighted by atomic mass is 16.5. The Kier molecular flexibility index (Phi) is 9.59. The quantitative estimate of drug-likeness (QED) is 0.0844. The standard InChI is InChI=1S/C41H37N3O3/c1-4-11-36-25-31(26-39(46-5-2)40(36)47-28-30-17-18-32-12-9-10-15-35(32)24-30)27-42-43-41(45)34-19-21-37(22-20-34)44-29(3)16-23-38(44)33-13-7-6-8-14-33/h4,6-10,12-27H,1,5,11,28H2,2-3H3,(H,43,45)/b42-27+. The second kappa shape index (κ2) is 14.5. The average molecular weight is 620 g/mol. The van der Waals surface area contributed by atoms with Crippen molar-refractivity contribution in [3.63, 3.8) is 0 Å². The summed E-state index contributed by atoms with van der Waals surface area (Å²) >= 11 is 0. The van der Waals surface area contributed by atoms with Gasteiger partial charge in [0.25, 0.3) is 5.91 Å². The van der Waals surface area contributed by atoms with E-state index in [2.05, 4.69) is 83.2 Å². The number of nitrogens with one attached hydrogen (secondary N) is 1. The summed E-state index contributed by atoms with van der Waals surface area (Å²) in [4.78, 5) is 13.0. The molecule has 6 heteroatoms. The first-order chi connectivity index (χ1) is 23.0. The molecule has 0 atom stereocenters. The van der Waals surface area contributed by atoms with Gasteiger partial charge >= 0.3 is 0 Å². The van der Waals surface area contributed by atoms with Gasteiger partial charge in [-0.15, -0.1) is 6.58 Å². The van der Waals surface area contributed by atoms with Gasteiger partial charge in [-0.25, -0.2) is 5.43 Å². The van der Waals surface area contributed by atoms with Gasteiger partial charge in [0.1, 0.15) is 6.61 Å². The highest BCUT2D eigenvalue weighted by molar-refractivity contribution is 5.95. The van der Waals surface area contributed by atoms with Crippen molar-refractivity contribution in [1.29, 1.82) is 0 Å². The van der Waals surface area contributed by atoms with Gasteiger partial charge in [-0.3, -0.25) is 4.79 Å². The molecule has 1 N–H and O–H groups in total. The van der Waals surface area contributed by atoms with E-state index < -0.39 is 0 Å². The van der Waals surface area contributed by atoms with Crippen LogP contribution in [-0.4, -0.2) is 23.3 Å². The Bertz CT molecular complexity index is 2040. The Morgan fingerprint density at radius 2 is 1.62 bits per heavy atom. The Balaban J connectivity index is 1.16. The molecule has 6 nitrogen and oxygen atoms in total. The Morgan fingerprint density at radius 1 is 0.851 bits per heavy atom. The summed E-state index contributed by atoms with van der Waals surface area (Å²) in [6, 6.07) is 40.4. The molecule has 0 saturated heterocycles. The van der Waals surface area contributed by atoms with Crippen molar-refractivity contribution in [2.75, 3.05) is 6.61 Å². The largest absolute Gasteiger partial charge is 0.490 e. The van der Waals surface area contributed by atoms with Crippen LogP contribution in [0, 0.1) is 6.92 Å². The number of carbonyl (C=O) groups excluding carboxylic acids is 1. The number of fused-ring (bicyclic) bond motifs is 1. The zero-order valence-electron chi connectivity index (χ0n) is 26.6. The van der Waals surface area contributed by atoms with Crippen LogP contribution >= 0.6 is 0 Å². The summed E-state index contributed by atoms with van der Waals surface area (Å²) in [5.74, 6) is 0.993. The number of aromatic nitrogens is 1. The summed E-state index contributed by atoms with van der Waals surface area (Å²) < 4.78 is 14.5.